The van der Waals surface area contributed by atoms with E-state index in [2.05, 4.69) is 5.32 Å². The number of nitrogens with one attached hydrogen (secondary N) is 1. The number of aryl methyl sites for hydroxylation is 1. The lowest BCUT2D eigenvalue weighted by atomic mass is 10.1. The van der Waals surface area contributed by atoms with Crippen LogP contribution in [0.4, 0.5) is 5.69 Å². The molecule has 3 aromatic rings. The molecule has 3 aromatic carbocycles. The highest BCUT2D eigenvalue weighted by Crippen LogP contribution is 2.31. The summed E-state index contributed by atoms with van der Waals surface area (Å²) in [5.74, 6) is 0.00132. The first kappa shape index (κ1) is 19.5. The van der Waals surface area contributed by atoms with E-state index < -0.39 is 18.0 Å². The Morgan fingerprint density at radius 2 is 1.60 bits per heavy atom. The maximum absolute atomic E-state index is 13.0. The number of fused-ring (bicyclic) bond motifs is 1. The minimum Gasteiger partial charge on any atom is -0.486 e. The molecule has 0 bridgehead atoms. The van der Waals surface area contributed by atoms with E-state index in [4.69, 9.17) is 14.2 Å². The number of benzene rings is 3. The number of rotatable bonds is 5. The van der Waals surface area contributed by atoms with Crippen molar-refractivity contribution in [2.45, 2.75) is 13.0 Å². The van der Waals surface area contributed by atoms with Gasteiger partial charge in [0.15, 0.2) is 11.5 Å². The molecule has 0 fully saturated rings. The third-order valence-electron chi connectivity index (χ3n) is 4.66. The van der Waals surface area contributed by atoms with Crippen LogP contribution in [0.3, 0.4) is 0 Å². The van der Waals surface area contributed by atoms with Gasteiger partial charge in [-0.15, -0.1) is 0 Å². The Balaban J connectivity index is 1.56. The zero-order valence-electron chi connectivity index (χ0n) is 16.5. The lowest BCUT2D eigenvalue weighted by Gasteiger charge is -2.20. The van der Waals surface area contributed by atoms with Crippen LogP contribution in [0.1, 0.15) is 27.6 Å². The lowest BCUT2D eigenvalue weighted by Crippen LogP contribution is -2.26. The molecule has 0 spiro atoms. The monoisotopic (exact) mass is 403 g/mol. The molecular formula is C24H21NO5. The second-order valence-electron chi connectivity index (χ2n) is 6.91. The average molecular weight is 403 g/mol. The zero-order chi connectivity index (χ0) is 20.9. The van der Waals surface area contributed by atoms with Crippen LogP contribution in [0.15, 0.2) is 72.8 Å². The predicted molar refractivity (Wildman–Crippen MR) is 112 cm³/mol. The summed E-state index contributed by atoms with van der Waals surface area (Å²) in [5.41, 5.74) is 2.57. The molecule has 1 atom stereocenters. The highest BCUT2D eigenvalue weighted by atomic mass is 16.6. The van der Waals surface area contributed by atoms with Gasteiger partial charge in [0.2, 0.25) is 6.10 Å². The van der Waals surface area contributed by atoms with E-state index in [9.17, 15) is 9.59 Å². The number of esters is 1. The van der Waals surface area contributed by atoms with Crippen molar-refractivity contribution >= 4 is 17.6 Å². The third-order valence-corrected chi connectivity index (χ3v) is 4.66. The topological polar surface area (TPSA) is 73.9 Å². The molecule has 1 aliphatic heterocycles. The fourth-order valence-corrected chi connectivity index (χ4v) is 3.09. The van der Waals surface area contributed by atoms with Crippen LogP contribution in [0, 0.1) is 6.92 Å². The van der Waals surface area contributed by atoms with Gasteiger partial charge in [-0.25, -0.2) is 4.79 Å². The van der Waals surface area contributed by atoms with Gasteiger partial charge in [0, 0.05) is 11.3 Å². The van der Waals surface area contributed by atoms with Crippen molar-refractivity contribution in [1.82, 2.24) is 0 Å². The standard InChI is InChI=1S/C24H21NO5/c1-16-7-10-19(11-8-16)25-23(26)22(17-5-3-2-4-6-17)30-24(27)18-9-12-20-21(15-18)29-14-13-28-20/h2-12,15,22H,13-14H2,1H3,(H,25,26)/t22-/m0/s1. The summed E-state index contributed by atoms with van der Waals surface area (Å²) >= 11 is 0. The normalized spacial score (nSPS) is 13.2. The SMILES string of the molecule is Cc1ccc(NC(=O)[C@@H](OC(=O)c2ccc3c(c2)OCCO3)c2ccccc2)cc1. The van der Waals surface area contributed by atoms with E-state index in [1.165, 1.54) is 0 Å². The Morgan fingerprint density at radius 1 is 0.900 bits per heavy atom. The first-order chi connectivity index (χ1) is 14.6. The molecule has 0 unspecified atom stereocenters. The van der Waals surface area contributed by atoms with Crippen molar-refractivity contribution in [3.05, 3.63) is 89.5 Å². The highest BCUT2D eigenvalue weighted by Gasteiger charge is 2.26. The zero-order valence-corrected chi connectivity index (χ0v) is 16.5. The van der Waals surface area contributed by atoms with Crippen LogP contribution < -0.4 is 14.8 Å². The van der Waals surface area contributed by atoms with Crippen molar-refractivity contribution in [2.75, 3.05) is 18.5 Å². The van der Waals surface area contributed by atoms with Gasteiger partial charge in [-0.05, 0) is 37.3 Å². The molecule has 0 saturated carbocycles. The minimum absolute atomic E-state index is 0.281. The minimum atomic E-state index is -1.10. The largest absolute Gasteiger partial charge is 0.486 e. The number of carbonyl (C=O) groups excluding carboxylic acids is 2. The van der Waals surface area contributed by atoms with E-state index in [0.717, 1.165) is 5.56 Å². The van der Waals surface area contributed by atoms with Crippen LogP contribution in [0.25, 0.3) is 0 Å². The van der Waals surface area contributed by atoms with Crippen molar-refractivity contribution < 1.29 is 23.8 Å². The van der Waals surface area contributed by atoms with Gasteiger partial charge in [0.05, 0.1) is 5.56 Å². The molecule has 0 aliphatic carbocycles. The molecule has 0 saturated heterocycles. The summed E-state index contributed by atoms with van der Waals surface area (Å²) in [7, 11) is 0. The smallest absolute Gasteiger partial charge is 0.339 e. The van der Waals surface area contributed by atoms with Crippen molar-refractivity contribution in [1.29, 1.82) is 0 Å². The summed E-state index contributed by atoms with van der Waals surface area (Å²) in [6, 6.07) is 21.1. The Bertz CT molecular complexity index is 1050. The molecule has 152 valence electrons. The van der Waals surface area contributed by atoms with Gasteiger partial charge < -0.3 is 19.5 Å². The first-order valence-corrected chi connectivity index (χ1v) is 9.63. The van der Waals surface area contributed by atoms with Crippen LogP contribution in [0.2, 0.25) is 0 Å². The van der Waals surface area contributed by atoms with Gasteiger partial charge >= 0.3 is 5.97 Å². The number of hydrogen-bond acceptors (Lipinski definition) is 5. The maximum atomic E-state index is 13.0. The number of hydrogen-bond donors (Lipinski definition) is 1. The Kier molecular flexibility index (Phi) is 5.66. The Hall–Kier alpha value is -3.80. The van der Waals surface area contributed by atoms with Crippen molar-refractivity contribution in [3.63, 3.8) is 0 Å². The highest BCUT2D eigenvalue weighted by molar-refractivity contribution is 5.98. The van der Waals surface area contributed by atoms with Gasteiger partial charge in [-0.2, -0.15) is 0 Å². The van der Waals surface area contributed by atoms with E-state index in [1.807, 2.05) is 25.1 Å². The molecule has 0 radical (unpaired) electrons. The van der Waals surface area contributed by atoms with E-state index in [0.29, 0.717) is 36.0 Å². The fraction of sp³-hybridized carbons (Fsp3) is 0.167. The van der Waals surface area contributed by atoms with Crippen molar-refractivity contribution in [2.24, 2.45) is 0 Å². The molecule has 1 amide bonds. The third kappa shape index (κ3) is 4.43. The number of amides is 1. The number of carbonyl (C=O) groups is 2. The fourth-order valence-electron chi connectivity index (χ4n) is 3.09. The molecular weight excluding hydrogens is 382 g/mol. The molecule has 1 N–H and O–H groups in total. The Morgan fingerprint density at radius 3 is 2.33 bits per heavy atom. The van der Waals surface area contributed by atoms with Crippen LogP contribution in [-0.2, 0) is 9.53 Å². The quantitative estimate of drug-likeness (QED) is 0.643. The molecule has 30 heavy (non-hydrogen) atoms. The molecule has 4 rings (SSSR count). The van der Waals surface area contributed by atoms with E-state index >= 15 is 0 Å². The van der Waals surface area contributed by atoms with E-state index in [-0.39, 0.29) is 5.56 Å². The summed E-state index contributed by atoms with van der Waals surface area (Å²) < 4.78 is 16.6. The number of ether oxygens (including phenoxy) is 3. The van der Waals surface area contributed by atoms with E-state index in [1.54, 1.807) is 54.6 Å². The lowest BCUT2D eigenvalue weighted by molar-refractivity contribution is -0.125. The summed E-state index contributed by atoms with van der Waals surface area (Å²) in [6.07, 6.45) is -1.10. The Labute approximate surface area is 174 Å². The van der Waals surface area contributed by atoms with Gasteiger partial charge in [0.1, 0.15) is 13.2 Å². The maximum Gasteiger partial charge on any atom is 0.339 e. The summed E-state index contributed by atoms with van der Waals surface area (Å²) in [6.45, 7) is 2.84. The number of anilines is 1. The summed E-state index contributed by atoms with van der Waals surface area (Å²) in [5, 5.41) is 2.81. The van der Waals surface area contributed by atoms with Crippen LogP contribution in [-0.4, -0.2) is 25.1 Å². The molecule has 0 aromatic heterocycles. The molecule has 6 heteroatoms. The van der Waals surface area contributed by atoms with Gasteiger partial charge in [-0.3, -0.25) is 4.79 Å². The summed E-state index contributed by atoms with van der Waals surface area (Å²) in [4.78, 5) is 25.8. The second-order valence-corrected chi connectivity index (χ2v) is 6.91. The van der Waals surface area contributed by atoms with Crippen molar-refractivity contribution in [3.8, 4) is 11.5 Å². The molecule has 6 nitrogen and oxygen atoms in total. The average Bonchev–Trinajstić information content (AvgIpc) is 2.79. The van der Waals surface area contributed by atoms with Crippen LogP contribution in [0.5, 0.6) is 11.5 Å². The van der Waals surface area contributed by atoms with Gasteiger partial charge in [0.25, 0.3) is 5.91 Å². The van der Waals surface area contributed by atoms with Crippen LogP contribution >= 0.6 is 0 Å². The van der Waals surface area contributed by atoms with Gasteiger partial charge in [-0.1, -0.05) is 48.0 Å². The predicted octanol–water partition coefficient (Wildman–Crippen LogP) is 4.30. The first-order valence-electron chi connectivity index (χ1n) is 9.63. The molecule has 1 heterocycles. The second kappa shape index (κ2) is 8.69. The molecule has 1 aliphatic rings.